The Kier molecular flexibility index (Phi) is 3.22. The number of halogens is 1. The minimum Gasteiger partial charge on any atom is -0.314 e. The second-order valence-corrected chi connectivity index (χ2v) is 6.43. The van der Waals surface area contributed by atoms with Gasteiger partial charge < -0.3 is 5.32 Å². The van der Waals surface area contributed by atoms with E-state index in [0.717, 1.165) is 12.1 Å². The molecule has 18 heavy (non-hydrogen) atoms. The highest BCUT2D eigenvalue weighted by atomic mass is 19.1. The topological polar surface area (TPSA) is 24.9 Å². The van der Waals surface area contributed by atoms with Crippen molar-refractivity contribution < 1.29 is 4.39 Å². The Morgan fingerprint density at radius 2 is 2.00 bits per heavy atom. The van der Waals surface area contributed by atoms with Crippen LogP contribution in [0.15, 0.2) is 18.5 Å². The molecule has 2 atom stereocenters. The van der Waals surface area contributed by atoms with Crippen molar-refractivity contribution in [3.63, 3.8) is 0 Å². The van der Waals surface area contributed by atoms with Crippen LogP contribution in [0.1, 0.15) is 40.2 Å². The lowest BCUT2D eigenvalue weighted by Crippen LogP contribution is -2.27. The van der Waals surface area contributed by atoms with Gasteiger partial charge in [0.1, 0.15) is 5.82 Å². The fourth-order valence-electron chi connectivity index (χ4n) is 3.18. The van der Waals surface area contributed by atoms with Crippen molar-refractivity contribution in [1.82, 2.24) is 10.3 Å². The van der Waals surface area contributed by atoms with Crippen LogP contribution < -0.4 is 5.32 Å². The number of nitrogens with one attached hydrogen (secondary N) is 1. The van der Waals surface area contributed by atoms with Crippen LogP contribution in [-0.4, -0.2) is 17.6 Å². The summed E-state index contributed by atoms with van der Waals surface area (Å²) in [5, 5.41) is 3.49. The van der Waals surface area contributed by atoms with Crippen molar-refractivity contribution in [2.24, 2.45) is 11.3 Å². The predicted octanol–water partition coefficient (Wildman–Crippen LogP) is 3.13. The third-order valence-electron chi connectivity index (χ3n) is 4.86. The van der Waals surface area contributed by atoms with Gasteiger partial charge in [0.05, 0.1) is 6.20 Å². The zero-order chi connectivity index (χ0) is 13.6. The van der Waals surface area contributed by atoms with E-state index >= 15 is 0 Å². The van der Waals surface area contributed by atoms with Crippen LogP contribution in [0.5, 0.6) is 0 Å². The summed E-state index contributed by atoms with van der Waals surface area (Å²) in [6, 6.07) is 2.11. The highest BCUT2D eigenvalue weighted by molar-refractivity contribution is 5.37. The van der Waals surface area contributed by atoms with Gasteiger partial charge in [0.25, 0.3) is 0 Å². The number of rotatable bonds is 4. The van der Waals surface area contributed by atoms with E-state index in [1.54, 1.807) is 12.3 Å². The normalized spacial score (nSPS) is 29.6. The molecule has 2 nitrogen and oxygen atoms in total. The van der Waals surface area contributed by atoms with E-state index in [9.17, 15) is 4.39 Å². The molecule has 100 valence electrons. The summed E-state index contributed by atoms with van der Waals surface area (Å²) in [7, 11) is 0. The molecule has 0 aliphatic heterocycles. The second kappa shape index (κ2) is 4.30. The Labute approximate surface area is 109 Å². The van der Waals surface area contributed by atoms with Crippen LogP contribution in [0, 0.1) is 17.2 Å². The molecule has 0 aromatic carbocycles. The number of pyridine rings is 1. The zero-order valence-corrected chi connectivity index (χ0v) is 11.9. The van der Waals surface area contributed by atoms with Gasteiger partial charge in [-0.15, -0.1) is 0 Å². The molecule has 2 unspecified atom stereocenters. The SMILES string of the molecule is CC(C)NCC1C(C)(C)C1(C)c1cncc(F)c1. The Morgan fingerprint density at radius 1 is 1.33 bits per heavy atom. The molecular weight excluding hydrogens is 227 g/mol. The number of hydrogen-bond donors (Lipinski definition) is 1. The molecule has 0 bridgehead atoms. The monoisotopic (exact) mass is 250 g/mol. The maximum Gasteiger partial charge on any atom is 0.141 e. The number of hydrogen-bond acceptors (Lipinski definition) is 2. The Hall–Kier alpha value is -0.960. The summed E-state index contributed by atoms with van der Waals surface area (Å²) in [4.78, 5) is 3.99. The van der Waals surface area contributed by atoms with Crippen molar-refractivity contribution in [2.75, 3.05) is 6.54 Å². The highest BCUT2D eigenvalue weighted by Crippen LogP contribution is 2.68. The van der Waals surface area contributed by atoms with E-state index in [1.165, 1.54) is 6.20 Å². The van der Waals surface area contributed by atoms with Gasteiger partial charge in [-0.05, 0) is 29.5 Å². The summed E-state index contributed by atoms with van der Waals surface area (Å²) < 4.78 is 13.3. The maximum atomic E-state index is 13.3. The molecule has 0 spiro atoms. The van der Waals surface area contributed by atoms with Crippen molar-refractivity contribution >= 4 is 0 Å². The van der Waals surface area contributed by atoms with Gasteiger partial charge in [0, 0.05) is 17.7 Å². The molecule has 0 amide bonds. The number of nitrogens with zero attached hydrogens (tertiary/aromatic N) is 1. The van der Waals surface area contributed by atoms with Crippen LogP contribution in [0.3, 0.4) is 0 Å². The molecule has 1 aromatic rings. The maximum absolute atomic E-state index is 13.3. The van der Waals surface area contributed by atoms with Crippen LogP contribution >= 0.6 is 0 Å². The molecule has 1 aromatic heterocycles. The first-order chi connectivity index (χ1) is 8.30. The summed E-state index contributed by atoms with van der Waals surface area (Å²) in [5.74, 6) is 0.281. The van der Waals surface area contributed by atoms with E-state index in [0.29, 0.717) is 12.0 Å². The fraction of sp³-hybridized carbons (Fsp3) is 0.667. The fourth-order valence-corrected chi connectivity index (χ4v) is 3.18. The van der Waals surface area contributed by atoms with Crippen molar-refractivity contribution in [1.29, 1.82) is 0 Å². The lowest BCUT2D eigenvalue weighted by molar-refractivity contribution is 0.488. The first-order valence-corrected chi connectivity index (χ1v) is 6.64. The third-order valence-corrected chi connectivity index (χ3v) is 4.86. The van der Waals surface area contributed by atoms with Crippen LogP contribution in [0.2, 0.25) is 0 Å². The molecule has 1 aliphatic rings. The second-order valence-electron chi connectivity index (χ2n) is 6.43. The van der Waals surface area contributed by atoms with Gasteiger partial charge in [-0.2, -0.15) is 0 Å². The Balaban J connectivity index is 2.21. The van der Waals surface area contributed by atoms with Crippen molar-refractivity contribution in [2.45, 2.75) is 46.1 Å². The first-order valence-electron chi connectivity index (χ1n) is 6.64. The van der Waals surface area contributed by atoms with Crippen LogP contribution in [0.4, 0.5) is 4.39 Å². The quantitative estimate of drug-likeness (QED) is 0.888. The smallest absolute Gasteiger partial charge is 0.141 e. The lowest BCUT2D eigenvalue weighted by Gasteiger charge is -2.15. The standard InChI is InChI=1S/C15H23FN2/c1-10(2)18-9-13-14(3,4)15(13,5)11-6-12(16)8-17-7-11/h6-8,10,13,18H,9H2,1-5H3. The minimum atomic E-state index is -0.244. The third kappa shape index (κ3) is 1.95. The molecule has 2 rings (SSSR count). The Bertz CT molecular complexity index is 442. The van der Waals surface area contributed by atoms with Gasteiger partial charge in [-0.1, -0.05) is 34.6 Å². The molecule has 1 fully saturated rings. The average Bonchev–Trinajstić information content (AvgIpc) is 2.71. The lowest BCUT2D eigenvalue weighted by atomic mass is 9.91. The average molecular weight is 250 g/mol. The van der Waals surface area contributed by atoms with Gasteiger partial charge in [-0.25, -0.2) is 4.39 Å². The molecule has 3 heteroatoms. The molecule has 1 heterocycles. The van der Waals surface area contributed by atoms with E-state index in [4.69, 9.17) is 0 Å². The molecular formula is C15H23FN2. The molecule has 1 N–H and O–H groups in total. The summed E-state index contributed by atoms with van der Waals surface area (Å²) in [6.45, 7) is 12.0. The summed E-state index contributed by atoms with van der Waals surface area (Å²) >= 11 is 0. The highest BCUT2D eigenvalue weighted by Gasteiger charge is 2.68. The Morgan fingerprint density at radius 3 is 2.56 bits per heavy atom. The van der Waals surface area contributed by atoms with E-state index in [2.05, 4.69) is 44.9 Å². The van der Waals surface area contributed by atoms with Gasteiger partial charge >= 0.3 is 0 Å². The molecule has 1 aliphatic carbocycles. The van der Waals surface area contributed by atoms with E-state index in [-0.39, 0.29) is 16.6 Å². The molecule has 0 radical (unpaired) electrons. The largest absolute Gasteiger partial charge is 0.314 e. The zero-order valence-electron chi connectivity index (χ0n) is 11.9. The minimum absolute atomic E-state index is 0.0178. The van der Waals surface area contributed by atoms with Crippen LogP contribution in [-0.2, 0) is 5.41 Å². The summed E-state index contributed by atoms with van der Waals surface area (Å²) in [6.07, 6.45) is 3.07. The van der Waals surface area contributed by atoms with Crippen molar-refractivity contribution in [3.05, 3.63) is 29.8 Å². The first kappa shape index (κ1) is 13.5. The number of aromatic nitrogens is 1. The molecule has 0 saturated heterocycles. The van der Waals surface area contributed by atoms with Gasteiger partial charge in [-0.3, -0.25) is 4.98 Å². The van der Waals surface area contributed by atoms with E-state index in [1.807, 2.05) is 0 Å². The van der Waals surface area contributed by atoms with Crippen molar-refractivity contribution in [3.8, 4) is 0 Å². The van der Waals surface area contributed by atoms with E-state index < -0.39 is 0 Å². The molecule has 1 saturated carbocycles. The summed E-state index contributed by atoms with van der Waals surface area (Å²) in [5.41, 5.74) is 1.22. The van der Waals surface area contributed by atoms with Crippen LogP contribution in [0.25, 0.3) is 0 Å². The predicted molar refractivity (Wildman–Crippen MR) is 72.0 cm³/mol. The van der Waals surface area contributed by atoms with Gasteiger partial charge in [0.15, 0.2) is 0 Å². The van der Waals surface area contributed by atoms with Gasteiger partial charge in [0.2, 0.25) is 0 Å².